The first-order valence-electron chi connectivity index (χ1n) is 15.4. The monoisotopic (exact) mass is 620 g/mol. The second-order valence-electron chi connectivity index (χ2n) is 12.1. The molecule has 1 aliphatic heterocycles. The number of piperidine rings is 1. The molecule has 1 saturated heterocycles. The van der Waals surface area contributed by atoms with E-state index in [9.17, 15) is 9.59 Å². The number of nitrogens with one attached hydrogen (secondary N) is 2. The van der Waals surface area contributed by atoms with E-state index < -0.39 is 5.54 Å². The van der Waals surface area contributed by atoms with Crippen LogP contribution >= 0.6 is 23.2 Å². The van der Waals surface area contributed by atoms with E-state index in [1.807, 2.05) is 61.6 Å². The molecule has 3 amide bonds. The van der Waals surface area contributed by atoms with Gasteiger partial charge >= 0.3 is 6.03 Å². The molecule has 0 spiro atoms. The van der Waals surface area contributed by atoms with Gasteiger partial charge in [0, 0.05) is 44.2 Å². The molecule has 8 heteroatoms. The van der Waals surface area contributed by atoms with Crippen LogP contribution in [0.2, 0.25) is 10.0 Å². The number of likely N-dealkylation sites (N-methyl/N-ethyl adjacent to an activating group) is 1. The molecule has 1 saturated carbocycles. The zero-order valence-corrected chi connectivity index (χ0v) is 26.4. The lowest BCUT2D eigenvalue weighted by atomic mass is 9.80. The highest BCUT2D eigenvalue weighted by atomic mass is 35.5. The van der Waals surface area contributed by atoms with E-state index in [2.05, 4.69) is 39.8 Å². The maximum Gasteiger partial charge on any atom is 0.315 e. The lowest BCUT2D eigenvalue weighted by Crippen LogP contribution is -2.56. The zero-order chi connectivity index (χ0) is 30.2. The molecule has 2 N–H and O–H groups in total. The summed E-state index contributed by atoms with van der Waals surface area (Å²) in [5, 5.41) is 7.67. The number of amides is 3. The molecule has 228 valence electrons. The number of halogens is 2. The summed E-state index contributed by atoms with van der Waals surface area (Å²) in [7, 11) is 1.86. The number of urea groups is 1. The van der Waals surface area contributed by atoms with Crippen LogP contribution in [0.3, 0.4) is 0 Å². The smallest absolute Gasteiger partial charge is 0.315 e. The average molecular weight is 622 g/mol. The second kappa shape index (κ2) is 14.6. The number of nitrogens with zero attached hydrogens (tertiary/aromatic N) is 2. The first-order valence-corrected chi connectivity index (χ1v) is 16.2. The van der Waals surface area contributed by atoms with Gasteiger partial charge in [0.05, 0.1) is 15.6 Å². The van der Waals surface area contributed by atoms with Crippen LogP contribution in [-0.4, -0.2) is 61.0 Å². The molecule has 6 nitrogen and oxygen atoms in total. The molecule has 43 heavy (non-hydrogen) atoms. The van der Waals surface area contributed by atoms with Crippen LogP contribution in [0.15, 0.2) is 78.9 Å². The molecule has 0 bridgehead atoms. The van der Waals surface area contributed by atoms with Crippen LogP contribution in [0.4, 0.5) is 4.79 Å². The van der Waals surface area contributed by atoms with Crippen molar-refractivity contribution in [1.29, 1.82) is 0 Å². The van der Waals surface area contributed by atoms with Crippen molar-refractivity contribution < 1.29 is 9.59 Å². The Kier molecular flexibility index (Phi) is 10.7. The SMILES string of the molecule is CN(CC(CCN1CCC(NC(=O)NC2CCCC2)(c2ccccc2)CC1)c1ccc(Cl)c(Cl)c1)C(=O)c1ccccc1. The number of carbonyl (C=O) groups is 2. The second-order valence-corrected chi connectivity index (χ2v) is 12.9. The van der Waals surface area contributed by atoms with Gasteiger partial charge in [0.1, 0.15) is 0 Å². The minimum absolute atomic E-state index is 0.00164. The van der Waals surface area contributed by atoms with Crippen molar-refractivity contribution in [2.24, 2.45) is 0 Å². The van der Waals surface area contributed by atoms with Crippen molar-refractivity contribution in [3.63, 3.8) is 0 Å². The molecule has 3 aromatic carbocycles. The van der Waals surface area contributed by atoms with Gasteiger partial charge in [0.2, 0.25) is 0 Å². The molecular formula is C35H42Cl2N4O2. The van der Waals surface area contributed by atoms with Gasteiger partial charge in [-0.15, -0.1) is 0 Å². The van der Waals surface area contributed by atoms with Crippen molar-refractivity contribution >= 4 is 35.1 Å². The normalized spacial score (nSPS) is 17.7. The fraction of sp³-hybridized carbons (Fsp3) is 0.429. The van der Waals surface area contributed by atoms with Gasteiger partial charge < -0.3 is 20.4 Å². The minimum atomic E-state index is -0.397. The molecule has 3 aromatic rings. The summed E-state index contributed by atoms with van der Waals surface area (Å²) < 4.78 is 0. The first kappa shape index (κ1) is 31.4. The van der Waals surface area contributed by atoms with Crippen LogP contribution in [0, 0.1) is 0 Å². The van der Waals surface area contributed by atoms with Gasteiger partial charge in [0.15, 0.2) is 0 Å². The quantitative estimate of drug-likeness (QED) is 0.247. The Morgan fingerprint density at radius 1 is 0.930 bits per heavy atom. The summed E-state index contributed by atoms with van der Waals surface area (Å²) in [6.45, 7) is 3.17. The lowest BCUT2D eigenvalue weighted by molar-refractivity contribution is 0.0779. The Bertz CT molecular complexity index is 1360. The third kappa shape index (κ3) is 8.11. The number of benzene rings is 3. The molecule has 0 radical (unpaired) electrons. The molecule has 5 rings (SSSR count). The van der Waals surface area contributed by atoms with Crippen LogP contribution in [0.1, 0.15) is 72.3 Å². The Labute approximate surface area is 265 Å². The zero-order valence-electron chi connectivity index (χ0n) is 24.9. The van der Waals surface area contributed by atoms with Crippen molar-refractivity contribution in [2.45, 2.75) is 62.4 Å². The van der Waals surface area contributed by atoms with Gasteiger partial charge in [-0.25, -0.2) is 4.79 Å². The van der Waals surface area contributed by atoms with Gasteiger partial charge in [-0.05, 0) is 74.0 Å². The molecule has 2 aliphatic rings. The summed E-state index contributed by atoms with van der Waals surface area (Å²) in [4.78, 5) is 30.6. The Morgan fingerprint density at radius 3 is 2.23 bits per heavy atom. The van der Waals surface area contributed by atoms with Gasteiger partial charge in [-0.3, -0.25) is 4.79 Å². The van der Waals surface area contributed by atoms with E-state index in [4.69, 9.17) is 23.2 Å². The number of hydrogen-bond donors (Lipinski definition) is 2. The van der Waals surface area contributed by atoms with Crippen molar-refractivity contribution in [3.05, 3.63) is 106 Å². The molecule has 1 aliphatic carbocycles. The summed E-state index contributed by atoms with van der Waals surface area (Å²) in [6.07, 6.45) is 7.01. The summed E-state index contributed by atoms with van der Waals surface area (Å²) in [5.41, 5.74) is 2.51. The summed E-state index contributed by atoms with van der Waals surface area (Å²) in [6, 6.07) is 25.8. The predicted molar refractivity (Wildman–Crippen MR) is 175 cm³/mol. The summed E-state index contributed by atoms with van der Waals surface area (Å²) >= 11 is 12.7. The van der Waals surface area contributed by atoms with Crippen LogP contribution < -0.4 is 10.6 Å². The van der Waals surface area contributed by atoms with E-state index in [0.29, 0.717) is 22.2 Å². The standard InChI is InChI=1S/C35H42Cl2N4O2/c1-40(33(42)26-10-4-2-5-11-26)25-28(27-16-17-31(36)32(37)24-27)18-21-41-22-19-35(20-23-41,29-12-6-3-7-13-29)39-34(43)38-30-14-8-9-15-30/h2-7,10-13,16-17,24,28,30H,8-9,14-15,18-23,25H2,1H3,(H2,38,39,43). The number of hydrogen-bond acceptors (Lipinski definition) is 3. The lowest BCUT2D eigenvalue weighted by Gasteiger charge is -2.43. The average Bonchev–Trinajstić information content (AvgIpc) is 3.54. The first-order chi connectivity index (χ1) is 20.8. The van der Waals surface area contributed by atoms with Gasteiger partial charge in [-0.2, -0.15) is 0 Å². The highest BCUT2D eigenvalue weighted by Gasteiger charge is 2.38. The Hall–Kier alpha value is -3.06. The van der Waals surface area contributed by atoms with E-state index in [0.717, 1.165) is 62.9 Å². The van der Waals surface area contributed by atoms with Crippen molar-refractivity contribution in [3.8, 4) is 0 Å². The van der Waals surface area contributed by atoms with E-state index in [1.165, 1.54) is 12.8 Å². The molecule has 1 atom stereocenters. The summed E-state index contributed by atoms with van der Waals surface area (Å²) in [5.74, 6) is 0.0850. The van der Waals surface area contributed by atoms with Crippen molar-refractivity contribution in [1.82, 2.24) is 20.4 Å². The molecule has 2 fully saturated rings. The van der Waals surface area contributed by atoms with Gasteiger partial charge in [0.25, 0.3) is 5.91 Å². The Morgan fingerprint density at radius 2 is 1.58 bits per heavy atom. The predicted octanol–water partition coefficient (Wildman–Crippen LogP) is 7.47. The van der Waals surface area contributed by atoms with Crippen LogP contribution in [0.25, 0.3) is 0 Å². The number of rotatable bonds is 10. The van der Waals surface area contributed by atoms with Crippen molar-refractivity contribution in [2.75, 3.05) is 33.2 Å². The van der Waals surface area contributed by atoms with Gasteiger partial charge in [-0.1, -0.05) is 90.6 Å². The van der Waals surface area contributed by atoms with E-state index in [-0.39, 0.29) is 23.9 Å². The number of carbonyl (C=O) groups excluding carboxylic acids is 2. The van der Waals surface area contributed by atoms with E-state index in [1.54, 1.807) is 4.90 Å². The molecule has 0 aromatic heterocycles. The maximum absolute atomic E-state index is 13.2. The number of likely N-dealkylation sites (tertiary alicyclic amines) is 1. The third-order valence-corrected chi connectivity index (χ3v) is 9.89. The molecule has 1 unspecified atom stereocenters. The largest absolute Gasteiger partial charge is 0.341 e. The fourth-order valence-corrected chi connectivity index (χ4v) is 6.90. The third-order valence-electron chi connectivity index (χ3n) is 9.15. The fourth-order valence-electron chi connectivity index (χ4n) is 6.59. The topological polar surface area (TPSA) is 64.7 Å². The van der Waals surface area contributed by atoms with Crippen LogP contribution in [0.5, 0.6) is 0 Å². The van der Waals surface area contributed by atoms with E-state index >= 15 is 0 Å². The highest BCUT2D eigenvalue weighted by molar-refractivity contribution is 6.42. The molecule has 1 heterocycles. The highest BCUT2D eigenvalue weighted by Crippen LogP contribution is 2.34. The maximum atomic E-state index is 13.2. The van der Waals surface area contributed by atoms with Crippen LogP contribution in [-0.2, 0) is 5.54 Å². The minimum Gasteiger partial charge on any atom is -0.341 e. The Balaban J connectivity index is 1.25. The molecular weight excluding hydrogens is 579 g/mol.